The fourth-order valence-corrected chi connectivity index (χ4v) is 5.11. The van der Waals surface area contributed by atoms with Gasteiger partial charge in [0.2, 0.25) is 0 Å². The van der Waals surface area contributed by atoms with E-state index in [4.69, 9.17) is 4.74 Å². The molecule has 1 aromatic carbocycles. The Morgan fingerprint density at radius 2 is 2.23 bits per heavy atom. The van der Waals surface area contributed by atoms with Gasteiger partial charge < -0.3 is 19.7 Å². The second-order valence-electron chi connectivity index (χ2n) is 7.80. The van der Waals surface area contributed by atoms with E-state index in [9.17, 15) is 20.0 Å². The number of rotatable bonds is 5. The van der Waals surface area contributed by atoms with Crippen molar-refractivity contribution in [1.29, 1.82) is 5.26 Å². The van der Waals surface area contributed by atoms with Crippen LogP contribution in [-0.2, 0) is 28.9 Å². The SMILES string of the molecule is CC(C)OC(=O)N[C@H]1Cc2c(n(CC3SC=NC3C(=O)O)c3ccc(C#N)cc23)C1. The van der Waals surface area contributed by atoms with Crippen LogP contribution in [0.2, 0.25) is 0 Å². The number of ether oxygens (including phenoxy) is 1. The van der Waals surface area contributed by atoms with Crippen LogP contribution in [0.15, 0.2) is 23.2 Å². The number of carbonyl (C=O) groups excluding carboxylic acids is 1. The average Bonchev–Trinajstić information content (AvgIpc) is 3.37. The van der Waals surface area contributed by atoms with Crippen molar-refractivity contribution in [2.75, 3.05) is 0 Å². The number of carboxylic acid groups (broad SMARTS) is 1. The summed E-state index contributed by atoms with van der Waals surface area (Å²) in [6, 6.07) is 6.85. The Morgan fingerprint density at radius 3 is 2.93 bits per heavy atom. The fraction of sp³-hybridized carbons (Fsp3) is 0.429. The highest BCUT2D eigenvalue weighted by atomic mass is 32.2. The van der Waals surface area contributed by atoms with Gasteiger partial charge in [0.1, 0.15) is 0 Å². The number of hydrogen-bond donors (Lipinski definition) is 2. The van der Waals surface area contributed by atoms with E-state index in [-0.39, 0.29) is 17.4 Å². The second-order valence-corrected chi connectivity index (χ2v) is 8.88. The van der Waals surface area contributed by atoms with Crippen molar-refractivity contribution in [3.05, 3.63) is 35.0 Å². The molecule has 3 atom stereocenters. The third kappa shape index (κ3) is 3.75. The highest BCUT2D eigenvalue weighted by molar-refractivity contribution is 8.13. The van der Waals surface area contributed by atoms with E-state index in [1.807, 2.05) is 12.1 Å². The Hall–Kier alpha value is -2.99. The van der Waals surface area contributed by atoms with E-state index in [1.54, 1.807) is 25.5 Å². The summed E-state index contributed by atoms with van der Waals surface area (Å²) < 4.78 is 7.33. The van der Waals surface area contributed by atoms with Crippen LogP contribution in [0.25, 0.3) is 10.9 Å². The molecular weight excluding hydrogens is 404 g/mol. The number of thioether (sulfide) groups is 1. The van der Waals surface area contributed by atoms with Gasteiger partial charge in [-0.3, -0.25) is 4.99 Å². The Morgan fingerprint density at radius 1 is 1.43 bits per heavy atom. The topological polar surface area (TPSA) is 117 Å². The second kappa shape index (κ2) is 8.03. The summed E-state index contributed by atoms with van der Waals surface area (Å²) in [5, 5.41) is 22.5. The summed E-state index contributed by atoms with van der Waals surface area (Å²) in [4.78, 5) is 27.7. The lowest BCUT2D eigenvalue weighted by Gasteiger charge is -2.19. The Bertz CT molecular complexity index is 1080. The van der Waals surface area contributed by atoms with Crippen LogP contribution in [0, 0.1) is 11.3 Å². The number of nitrogens with zero attached hydrogens (tertiary/aromatic N) is 3. The Kier molecular flexibility index (Phi) is 5.43. The van der Waals surface area contributed by atoms with Gasteiger partial charge in [0.05, 0.1) is 28.5 Å². The molecule has 30 heavy (non-hydrogen) atoms. The number of aliphatic carboxylic acids is 1. The Balaban J connectivity index is 1.66. The molecule has 2 aromatic rings. The highest BCUT2D eigenvalue weighted by Gasteiger charge is 2.35. The summed E-state index contributed by atoms with van der Waals surface area (Å²) in [6.45, 7) is 4.09. The zero-order chi connectivity index (χ0) is 21.4. The standard InChI is InChI=1S/C21H22N4O4S/c1-11(2)29-21(28)24-13-6-15-14-5-12(8-22)3-4-16(14)25(17(15)7-13)9-18-19(20(26)27)23-10-30-18/h3-5,10-11,13,18-19H,6-7,9H2,1-2H3,(H,24,28)(H,26,27)/t13-,18?,19?/m0/s1. The number of alkyl carbamates (subject to hydrolysis) is 1. The number of aliphatic imine (C=N–C) groups is 1. The summed E-state index contributed by atoms with van der Waals surface area (Å²) in [5.74, 6) is -0.933. The molecule has 2 heterocycles. The summed E-state index contributed by atoms with van der Waals surface area (Å²) in [6.07, 6.45) is 0.612. The molecule has 1 aliphatic heterocycles. The van der Waals surface area contributed by atoms with Crippen LogP contribution in [-0.4, -0.2) is 50.7 Å². The summed E-state index contributed by atoms with van der Waals surface area (Å²) in [5.41, 5.74) is 5.30. The average molecular weight is 426 g/mol. The van der Waals surface area contributed by atoms with E-state index in [0.29, 0.717) is 24.9 Å². The number of nitriles is 1. The number of amides is 1. The molecule has 2 N–H and O–H groups in total. The molecule has 2 aliphatic rings. The molecule has 0 saturated heterocycles. The molecule has 4 rings (SSSR count). The maximum absolute atomic E-state index is 12.1. The van der Waals surface area contributed by atoms with Crippen molar-refractivity contribution in [2.24, 2.45) is 4.99 Å². The summed E-state index contributed by atoms with van der Waals surface area (Å²) >= 11 is 1.42. The van der Waals surface area contributed by atoms with E-state index >= 15 is 0 Å². The molecule has 8 nitrogen and oxygen atoms in total. The van der Waals surface area contributed by atoms with E-state index in [0.717, 1.165) is 22.2 Å². The quantitative estimate of drug-likeness (QED) is 0.759. The molecule has 156 valence electrons. The molecule has 0 spiro atoms. The number of hydrogen-bond acceptors (Lipinski definition) is 6. The monoisotopic (exact) mass is 426 g/mol. The van der Waals surface area contributed by atoms with Gasteiger partial charge >= 0.3 is 12.1 Å². The van der Waals surface area contributed by atoms with Crippen molar-refractivity contribution in [1.82, 2.24) is 9.88 Å². The predicted octanol–water partition coefficient (Wildman–Crippen LogP) is 2.71. The van der Waals surface area contributed by atoms with Crippen molar-refractivity contribution >= 4 is 40.3 Å². The minimum absolute atomic E-state index is 0.106. The number of carbonyl (C=O) groups is 2. The zero-order valence-corrected chi connectivity index (χ0v) is 17.5. The molecule has 9 heteroatoms. The van der Waals surface area contributed by atoms with Crippen LogP contribution in [0.3, 0.4) is 0 Å². The fourth-order valence-electron chi connectivity index (χ4n) is 4.18. The lowest BCUT2D eigenvalue weighted by molar-refractivity contribution is -0.138. The van der Waals surface area contributed by atoms with Gasteiger partial charge in [-0.05, 0) is 44.0 Å². The summed E-state index contributed by atoms with van der Waals surface area (Å²) in [7, 11) is 0. The van der Waals surface area contributed by atoms with E-state index in [2.05, 4.69) is 20.9 Å². The number of benzene rings is 1. The molecule has 1 aliphatic carbocycles. The van der Waals surface area contributed by atoms with Gasteiger partial charge in [0.25, 0.3) is 0 Å². The first kappa shape index (κ1) is 20.3. The van der Waals surface area contributed by atoms with Gasteiger partial charge in [-0.2, -0.15) is 5.26 Å². The van der Waals surface area contributed by atoms with Crippen molar-refractivity contribution in [2.45, 2.75) is 56.7 Å². The van der Waals surface area contributed by atoms with Crippen LogP contribution in [0.1, 0.15) is 30.7 Å². The molecule has 0 bridgehead atoms. The first-order valence-electron chi connectivity index (χ1n) is 9.78. The van der Waals surface area contributed by atoms with E-state index in [1.165, 1.54) is 11.8 Å². The molecule has 1 amide bonds. The minimum atomic E-state index is -0.933. The van der Waals surface area contributed by atoms with Gasteiger partial charge in [-0.1, -0.05) is 0 Å². The lowest BCUT2D eigenvalue weighted by Crippen LogP contribution is -2.37. The van der Waals surface area contributed by atoms with Crippen LogP contribution in [0.5, 0.6) is 0 Å². The first-order chi connectivity index (χ1) is 14.4. The smallest absolute Gasteiger partial charge is 0.407 e. The van der Waals surface area contributed by atoms with Crippen molar-refractivity contribution < 1.29 is 19.4 Å². The Labute approximate surface area is 177 Å². The van der Waals surface area contributed by atoms with Crippen LogP contribution >= 0.6 is 11.8 Å². The zero-order valence-electron chi connectivity index (χ0n) is 16.7. The van der Waals surface area contributed by atoms with Crippen LogP contribution in [0.4, 0.5) is 4.79 Å². The van der Waals surface area contributed by atoms with Gasteiger partial charge in [0, 0.05) is 35.6 Å². The molecule has 0 fully saturated rings. The normalized spacial score (nSPS) is 22.3. The van der Waals surface area contributed by atoms with Gasteiger partial charge in [-0.15, -0.1) is 11.8 Å². The molecule has 0 radical (unpaired) electrons. The van der Waals surface area contributed by atoms with E-state index < -0.39 is 18.1 Å². The third-order valence-corrected chi connectivity index (χ3v) is 6.40. The molecule has 1 aromatic heterocycles. The number of fused-ring (bicyclic) bond motifs is 3. The maximum Gasteiger partial charge on any atom is 0.407 e. The van der Waals surface area contributed by atoms with Crippen molar-refractivity contribution in [3.63, 3.8) is 0 Å². The molecule has 0 saturated carbocycles. The predicted molar refractivity (Wildman–Crippen MR) is 114 cm³/mol. The van der Waals surface area contributed by atoms with Gasteiger partial charge in [0.15, 0.2) is 6.04 Å². The molecule has 2 unspecified atom stereocenters. The minimum Gasteiger partial charge on any atom is -0.480 e. The first-order valence-corrected chi connectivity index (χ1v) is 10.7. The highest BCUT2D eigenvalue weighted by Crippen LogP contribution is 2.36. The van der Waals surface area contributed by atoms with Crippen LogP contribution < -0.4 is 5.32 Å². The van der Waals surface area contributed by atoms with Crippen molar-refractivity contribution in [3.8, 4) is 6.07 Å². The molecular formula is C21H22N4O4S. The number of carboxylic acids is 1. The third-order valence-electron chi connectivity index (χ3n) is 5.40. The number of aromatic nitrogens is 1. The maximum atomic E-state index is 12.1. The lowest BCUT2D eigenvalue weighted by atomic mass is 10.1. The largest absolute Gasteiger partial charge is 0.480 e. The van der Waals surface area contributed by atoms with Gasteiger partial charge in [-0.25, -0.2) is 9.59 Å². The number of nitrogens with one attached hydrogen (secondary N) is 1.